The summed E-state index contributed by atoms with van der Waals surface area (Å²) in [7, 11) is 1.56. The first-order valence-corrected chi connectivity index (χ1v) is 9.62. The number of hydrogen-bond acceptors (Lipinski definition) is 6. The zero-order valence-corrected chi connectivity index (χ0v) is 16.7. The standard InChI is InChI=1S/C20H23N5O4/c1-4-29-15(26)12-25-18(27)16-17(22(3)20(25)28)21-19-23(10-5-11-24(16)19)14-8-6-13(2)7-9-14/h6-9H,4-5,10-12H2,1-3H3. The quantitative estimate of drug-likeness (QED) is 0.617. The van der Waals surface area contributed by atoms with Crippen LogP contribution in [0.3, 0.4) is 0 Å². The molecule has 3 aromatic rings. The maximum absolute atomic E-state index is 13.1. The molecule has 0 fully saturated rings. The Labute approximate surface area is 166 Å². The molecule has 0 amide bonds. The monoisotopic (exact) mass is 397 g/mol. The summed E-state index contributed by atoms with van der Waals surface area (Å²) in [4.78, 5) is 44.4. The van der Waals surface area contributed by atoms with Gasteiger partial charge in [0.2, 0.25) is 5.95 Å². The molecule has 1 aromatic carbocycles. The van der Waals surface area contributed by atoms with Crippen molar-refractivity contribution in [1.29, 1.82) is 0 Å². The molecular formula is C20H23N5O4. The molecule has 0 N–H and O–H groups in total. The van der Waals surface area contributed by atoms with Gasteiger partial charge in [-0.15, -0.1) is 0 Å². The highest BCUT2D eigenvalue weighted by Gasteiger charge is 2.27. The molecule has 0 spiro atoms. The van der Waals surface area contributed by atoms with Crippen LogP contribution < -0.4 is 16.1 Å². The largest absolute Gasteiger partial charge is 0.465 e. The van der Waals surface area contributed by atoms with E-state index < -0.39 is 23.8 Å². The highest BCUT2D eigenvalue weighted by molar-refractivity contribution is 5.77. The van der Waals surface area contributed by atoms with Crippen LogP contribution >= 0.6 is 0 Å². The third-order valence-corrected chi connectivity index (χ3v) is 5.16. The number of fused-ring (bicyclic) bond motifs is 3. The van der Waals surface area contributed by atoms with Crippen molar-refractivity contribution in [1.82, 2.24) is 18.7 Å². The molecule has 4 rings (SSSR count). The summed E-state index contributed by atoms with van der Waals surface area (Å²) in [6.07, 6.45) is 0.826. The van der Waals surface area contributed by atoms with Gasteiger partial charge < -0.3 is 14.2 Å². The summed E-state index contributed by atoms with van der Waals surface area (Å²) in [6, 6.07) is 8.09. The smallest absolute Gasteiger partial charge is 0.333 e. The van der Waals surface area contributed by atoms with Gasteiger partial charge in [-0.25, -0.2) is 9.36 Å². The predicted octanol–water partition coefficient (Wildman–Crippen LogP) is 1.31. The number of esters is 1. The molecule has 3 heterocycles. The van der Waals surface area contributed by atoms with E-state index in [1.165, 1.54) is 4.57 Å². The van der Waals surface area contributed by atoms with E-state index in [4.69, 9.17) is 4.74 Å². The van der Waals surface area contributed by atoms with Gasteiger partial charge in [0.1, 0.15) is 6.54 Å². The first-order chi connectivity index (χ1) is 13.9. The summed E-state index contributed by atoms with van der Waals surface area (Å²) in [5, 5.41) is 0. The Balaban J connectivity index is 1.90. The molecule has 9 heteroatoms. The molecule has 0 atom stereocenters. The molecule has 0 saturated heterocycles. The molecule has 9 nitrogen and oxygen atoms in total. The molecule has 1 aliphatic heterocycles. The van der Waals surface area contributed by atoms with Gasteiger partial charge in [-0.1, -0.05) is 17.7 Å². The van der Waals surface area contributed by atoms with Gasteiger partial charge in [0.15, 0.2) is 11.2 Å². The van der Waals surface area contributed by atoms with Gasteiger partial charge in [0.05, 0.1) is 6.61 Å². The van der Waals surface area contributed by atoms with E-state index in [1.807, 2.05) is 40.7 Å². The van der Waals surface area contributed by atoms with Crippen molar-refractivity contribution in [2.45, 2.75) is 33.4 Å². The zero-order chi connectivity index (χ0) is 20.7. The van der Waals surface area contributed by atoms with Crippen LogP contribution in [0.5, 0.6) is 0 Å². The average Bonchev–Trinajstić information content (AvgIpc) is 3.10. The van der Waals surface area contributed by atoms with Crippen molar-refractivity contribution < 1.29 is 9.53 Å². The van der Waals surface area contributed by atoms with Crippen LogP contribution in [-0.2, 0) is 29.7 Å². The summed E-state index contributed by atoms with van der Waals surface area (Å²) < 4.78 is 8.98. The molecule has 0 saturated carbocycles. The van der Waals surface area contributed by atoms with Crippen LogP contribution in [0.2, 0.25) is 0 Å². The number of carbonyl (C=O) groups excluding carboxylic acids is 1. The van der Waals surface area contributed by atoms with E-state index in [0.717, 1.165) is 28.8 Å². The highest BCUT2D eigenvalue weighted by atomic mass is 16.5. The highest BCUT2D eigenvalue weighted by Crippen LogP contribution is 2.30. The van der Waals surface area contributed by atoms with Gasteiger partial charge in [0.25, 0.3) is 5.56 Å². The number of anilines is 2. The van der Waals surface area contributed by atoms with E-state index in [0.29, 0.717) is 23.7 Å². The van der Waals surface area contributed by atoms with Crippen molar-refractivity contribution in [3.8, 4) is 0 Å². The summed E-state index contributed by atoms with van der Waals surface area (Å²) in [6.45, 7) is 4.84. The Kier molecular flexibility index (Phi) is 4.73. The van der Waals surface area contributed by atoms with Gasteiger partial charge in [-0.3, -0.25) is 14.2 Å². The number of benzene rings is 1. The molecule has 0 bridgehead atoms. The van der Waals surface area contributed by atoms with E-state index in [9.17, 15) is 14.4 Å². The third-order valence-electron chi connectivity index (χ3n) is 5.16. The molecule has 29 heavy (non-hydrogen) atoms. The van der Waals surface area contributed by atoms with Gasteiger partial charge in [-0.2, -0.15) is 4.98 Å². The van der Waals surface area contributed by atoms with Crippen molar-refractivity contribution in [3.63, 3.8) is 0 Å². The predicted molar refractivity (Wildman–Crippen MR) is 109 cm³/mol. The fourth-order valence-electron chi connectivity index (χ4n) is 3.71. The lowest BCUT2D eigenvalue weighted by molar-refractivity contribution is -0.143. The number of nitrogens with zero attached hydrogens (tertiary/aromatic N) is 5. The van der Waals surface area contributed by atoms with Crippen molar-refractivity contribution in [3.05, 3.63) is 50.7 Å². The number of ether oxygens (including phenoxy) is 1. The molecule has 0 radical (unpaired) electrons. The van der Waals surface area contributed by atoms with Crippen molar-refractivity contribution in [2.24, 2.45) is 7.05 Å². The number of imidazole rings is 1. The van der Waals surface area contributed by atoms with Crippen molar-refractivity contribution in [2.75, 3.05) is 18.1 Å². The molecule has 152 valence electrons. The lowest BCUT2D eigenvalue weighted by Crippen LogP contribution is -2.41. The molecule has 0 unspecified atom stereocenters. The Morgan fingerprint density at radius 1 is 1.17 bits per heavy atom. The maximum atomic E-state index is 13.1. The van der Waals surface area contributed by atoms with Crippen LogP contribution in [0.25, 0.3) is 11.2 Å². The number of rotatable bonds is 4. The number of hydrogen-bond donors (Lipinski definition) is 0. The lowest BCUT2D eigenvalue weighted by atomic mass is 10.2. The fourth-order valence-corrected chi connectivity index (χ4v) is 3.71. The fraction of sp³-hybridized carbons (Fsp3) is 0.400. The van der Waals surface area contributed by atoms with Gasteiger partial charge in [0, 0.05) is 25.8 Å². The topological polar surface area (TPSA) is 91.4 Å². The van der Waals surface area contributed by atoms with Gasteiger partial charge in [-0.05, 0) is 32.4 Å². The minimum Gasteiger partial charge on any atom is -0.465 e. The molecular weight excluding hydrogens is 374 g/mol. The first-order valence-electron chi connectivity index (χ1n) is 9.62. The molecule has 1 aliphatic rings. The van der Waals surface area contributed by atoms with Gasteiger partial charge >= 0.3 is 11.7 Å². The second-order valence-corrected chi connectivity index (χ2v) is 7.11. The third kappa shape index (κ3) is 3.12. The summed E-state index contributed by atoms with van der Waals surface area (Å²) >= 11 is 0. The number of carbonyl (C=O) groups is 1. The number of aryl methyl sites for hydroxylation is 3. The second kappa shape index (κ2) is 7.23. The second-order valence-electron chi connectivity index (χ2n) is 7.11. The maximum Gasteiger partial charge on any atom is 0.333 e. The average molecular weight is 397 g/mol. The summed E-state index contributed by atoms with van der Waals surface area (Å²) in [5.41, 5.74) is 1.65. The van der Waals surface area contributed by atoms with E-state index in [-0.39, 0.29) is 6.61 Å². The van der Waals surface area contributed by atoms with E-state index in [2.05, 4.69) is 4.98 Å². The minimum absolute atomic E-state index is 0.184. The van der Waals surface area contributed by atoms with Crippen LogP contribution in [0.1, 0.15) is 18.9 Å². The normalized spacial score (nSPS) is 13.6. The molecule has 2 aromatic heterocycles. The minimum atomic E-state index is -0.620. The lowest BCUT2D eigenvalue weighted by Gasteiger charge is -2.29. The van der Waals surface area contributed by atoms with Crippen LogP contribution in [0.15, 0.2) is 33.9 Å². The van der Waals surface area contributed by atoms with Crippen LogP contribution in [0, 0.1) is 6.92 Å². The zero-order valence-electron chi connectivity index (χ0n) is 16.7. The SMILES string of the molecule is CCOC(=O)Cn1c(=O)c2c(nc3n2CCCN3c2ccc(C)cc2)n(C)c1=O. The van der Waals surface area contributed by atoms with E-state index in [1.54, 1.807) is 14.0 Å². The Morgan fingerprint density at radius 3 is 2.59 bits per heavy atom. The summed E-state index contributed by atoms with van der Waals surface area (Å²) in [5.74, 6) is 0.00167. The Bertz CT molecular complexity index is 1200. The van der Waals surface area contributed by atoms with Crippen LogP contribution in [0.4, 0.5) is 11.6 Å². The number of aromatic nitrogens is 4. The van der Waals surface area contributed by atoms with Crippen LogP contribution in [-0.4, -0.2) is 37.8 Å². The van der Waals surface area contributed by atoms with E-state index >= 15 is 0 Å². The Hall–Kier alpha value is -3.36. The van der Waals surface area contributed by atoms with Crippen molar-refractivity contribution >= 4 is 28.8 Å². The first kappa shape index (κ1) is 19.0. The molecule has 0 aliphatic carbocycles. The Morgan fingerprint density at radius 2 is 1.90 bits per heavy atom.